The summed E-state index contributed by atoms with van der Waals surface area (Å²) < 4.78 is 5.26. The van der Waals surface area contributed by atoms with Gasteiger partial charge in [-0.2, -0.15) is 0 Å². The lowest BCUT2D eigenvalue weighted by Gasteiger charge is -2.34. The molecule has 0 radical (unpaired) electrons. The minimum atomic E-state index is -0.939. The molecule has 5 nitrogen and oxygen atoms in total. The van der Waals surface area contributed by atoms with E-state index in [1.54, 1.807) is 0 Å². The standard InChI is InChI=1S/C9H14N2O3/c1-2-5-14-8-6-11(9(12)13)4-3-7(8)10/h1,7-8H,3-6,10H2,(H,12,13). The first kappa shape index (κ1) is 10.8. The molecule has 1 fully saturated rings. The lowest BCUT2D eigenvalue weighted by molar-refractivity contribution is 0.00582. The normalized spacial score (nSPS) is 27.0. The predicted molar refractivity (Wildman–Crippen MR) is 50.8 cm³/mol. The molecule has 5 heteroatoms. The fraction of sp³-hybridized carbons (Fsp3) is 0.667. The number of likely N-dealkylation sites (tertiary alicyclic amines) is 1. The monoisotopic (exact) mass is 198 g/mol. The maximum absolute atomic E-state index is 10.7. The van der Waals surface area contributed by atoms with Gasteiger partial charge in [0.25, 0.3) is 0 Å². The van der Waals surface area contributed by atoms with Crippen LogP contribution in [0.2, 0.25) is 0 Å². The average molecular weight is 198 g/mol. The average Bonchev–Trinajstić information content (AvgIpc) is 2.16. The molecule has 2 atom stereocenters. The smallest absolute Gasteiger partial charge is 0.407 e. The molecule has 3 N–H and O–H groups in total. The lowest BCUT2D eigenvalue weighted by atomic mass is 10.0. The zero-order valence-electron chi connectivity index (χ0n) is 7.85. The van der Waals surface area contributed by atoms with Crippen LogP contribution in [0.1, 0.15) is 6.42 Å². The van der Waals surface area contributed by atoms with Crippen LogP contribution >= 0.6 is 0 Å². The maximum atomic E-state index is 10.7. The van der Waals surface area contributed by atoms with Crippen molar-refractivity contribution >= 4 is 6.09 Å². The van der Waals surface area contributed by atoms with Crippen molar-refractivity contribution in [3.8, 4) is 12.3 Å². The summed E-state index contributed by atoms with van der Waals surface area (Å²) in [6.45, 7) is 0.941. The van der Waals surface area contributed by atoms with Crippen LogP contribution in [-0.4, -0.2) is 47.9 Å². The van der Waals surface area contributed by atoms with E-state index in [2.05, 4.69) is 5.92 Å². The highest BCUT2D eigenvalue weighted by atomic mass is 16.5. The molecule has 0 bridgehead atoms. The summed E-state index contributed by atoms with van der Waals surface area (Å²) in [7, 11) is 0. The molecule has 0 spiro atoms. The Bertz CT molecular complexity index is 249. The third-order valence-corrected chi connectivity index (χ3v) is 2.26. The van der Waals surface area contributed by atoms with Crippen molar-refractivity contribution in [2.75, 3.05) is 19.7 Å². The summed E-state index contributed by atoms with van der Waals surface area (Å²) in [6.07, 6.45) is 4.43. The second kappa shape index (κ2) is 4.84. The van der Waals surface area contributed by atoms with E-state index in [4.69, 9.17) is 22.0 Å². The second-order valence-electron chi connectivity index (χ2n) is 3.23. The van der Waals surface area contributed by atoms with E-state index in [-0.39, 0.29) is 18.8 Å². The quantitative estimate of drug-likeness (QED) is 0.598. The van der Waals surface area contributed by atoms with Gasteiger partial charge in [0.05, 0.1) is 12.6 Å². The van der Waals surface area contributed by atoms with Crippen molar-refractivity contribution in [2.24, 2.45) is 5.73 Å². The van der Waals surface area contributed by atoms with Gasteiger partial charge >= 0.3 is 6.09 Å². The van der Waals surface area contributed by atoms with Crippen LogP contribution in [0, 0.1) is 12.3 Å². The topological polar surface area (TPSA) is 75.8 Å². The lowest BCUT2D eigenvalue weighted by Crippen LogP contribution is -2.53. The molecular formula is C9H14N2O3. The van der Waals surface area contributed by atoms with Gasteiger partial charge in [-0.1, -0.05) is 5.92 Å². The Morgan fingerprint density at radius 3 is 3.07 bits per heavy atom. The Kier molecular flexibility index (Phi) is 3.74. The van der Waals surface area contributed by atoms with Gasteiger partial charge in [-0.05, 0) is 6.42 Å². The van der Waals surface area contributed by atoms with Crippen LogP contribution in [-0.2, 0) is 4.74 Å². The summed E-state index contributed by atoms with van der Waals surface area (Å²) in [4.78, 5) is 12.0. The summed E-state index contributed by atoms with van der Waals surface area (Å²) in [6, 6.07) is -0.126. The highest BCUT2D eigenvalue weighted by Crippen LogP contribution is 2.12. The molecule has 1 saturated heterocycles. The van der Waals surface area contributed by atoms with Gasteiger partial charge in [0.15, 0.2) is 0 Å². The van der Waals surface area contributed by atoms with Gasteiger partial charge in [-0.25, -0.2) is 4.79 Å². The van der Waals surface area contributed by atoms with E-state index in [1.807, 2.05) is 0 Å². The highest BCUT2D eigenvalue weighted by Gasteiger charge is 2.29. The Hall–Kier alpha value is -1.25. The number of hydrogen-bond donors (Lipinski definition) is 2. The van der Waals surface area contributed by atoms with Gasteiger partial charge in [-0.15, -0.1) is 6.42 Å². The number of nitrogens with two attached hydrogens (primary N) is 1. The summed E-state index contributed by atoms with van der Waals surface area (Å²) in [5, 5.41) is 8.76. The zero-order chi connectivity index (χ0) is 10.6. The Labute approximate surface area is 82.8 Å². The van der Waals surface area contributed by atoms with E-state index >= 15 is 0 Å². The van der Waals surface area contributed by atoms with Crippen molar-refractivity contribution in [3.63, 3.8) is 0 Å². The molecule has 1 amide bonds. The summed E-state index contributed by atoms with van der Waals surface area (Å²) in [5.74, 6) is 2.34. The number of ether oxygens (including phenoxy) is 1. The fourth-order valence-electron chi connectivity index (χ4n) is 1.44. The minimum Gasteiger partial charge on any atom is -0.465 e. The van der Waals surface area contributed by atoms with Crippen molar-refractivity contribution < 1.29 is 14.6 Å². The second-order valence-corrected chi connectivity index (χ2v) is 3.23. The van der Waals surface area contributed by atoms with Crippen LogP contribution in [0.4, 0.5) is 4.79 Å². The van der Waals surface area contributed by atoms with Gasteiger partial charge in [0.1, 0.15) is 6.61 Å². The van der Waals surface area contributed by atoms with Crippen LogP contribution in [0.5, 0.6) is 0 Å². The van der Waals surface area contributed by atoms with Crippen molar-refractivity contribution in [3.05, 3.63) is 0 Å². The Morgan fingerprint density at radius 1 is 1.79 bits per heavy atom. The SMILES string of the molecule is C#CCOC1CN(C(=O)O)CCC1N. The van der Waals surface area contributed by atoms with Crippen LogP contribution < -0.4 is 5.73 Å². The van der Waals surface area contributed by atoms with Gasteiger partial charge in [0.2, 0.25) is 0 Å². The molecule has 1 heterocycles. The number of carboxylic acid groups (broad SMARTS) is 1. The van der Waals surface area contributed by atoms with Crippen LogP contribution in [0.3, 0.4) is 0 Å². The number of carbonyl (C=O) groups is 1. The van der Waals surface area contributed by atoms with Gasteiger partial charge in [-0.3, -0.25) is 0 Å². The maximum Gasteiger partial charge on any atom is 0.407 e. The fourth-order valence-corrected chi connectivity index (χ4v) is 1.44. The predicted octanol–water partition coefficient (Wildman–Crippen LogP) is -0.284. The van der Waals surface area contributed by atoms with E-state index < -0.39 is 6.09 Å². The van der Waals surface area contributed by atoms with Gasteiger partial charge < -0.3 is 20.5 Å². The Morgan fingerprint density at radius 2 is 2.50 bits per heavy atom. The van der Waals surface area contributed by atoms with Crippen LogP contribution in [0.25, 0.3) is 0 Å². The Balaban J connectivity index is 2.47. The minimum absolute atomic E-state index is 0.126. The van der Waals surface area contributed by atoms with Crippen molar-refractivity contribution in [1.82, 2.24) is 4.90 Å². The first-order chi connectivity index (χ1) is 6.65. The number of amides is 1. The molecule has 0 aromatic carbocycles. The van der Waals surface area contributed by atoms with Crippen molar-refractivity contribution in [1.29, 1.82) is 0 Å². The van der Waals surface area contributed by atoms with E-state index in [0.29, 0.717) is 19.5 Å². The number of nitrogens with zero attached hydrogens (tertiary/aromatic N) is 1. The molecule has 78 valence electrons. The number of hydrogen-bond acceptors (Lipinski definition) is 3. The number of rotatable bonds is 2. The molecule has 0 aromatic rings. The first-order valence-corrected chi connectivity index (χ1v) is 4.43. The summed E-state index contributed by atoms with van der Waals surface area (Å²) >= 11 is 0. The molecule has 0 aliphatic carbocycles. The summed E-state index contributed by atoms with van der Waals surface area (Å²) in [5.41, 5.74) is 5.77. The zero-order valence-corrected chi connectivity index (χ0v) is 7.85. The third kappa shape index (κ3) is 2.62. The van der Waals surface area contributed by atoms with E-state index in [1.165, 1.54) is 4.90 Å². The highest BCUT2D eigenvalue weighted by molar-refractivity contribution is 5.65. The van der Waals surface area contributed by atoms with Crippen LogP contribution in [0.15, 0.2) is 0 Å². The molecule has 2 unspecified atom stereocenters. The third-order valence-electron chi connectivity index (χ3n) is 2.26. The molecule has 0 saturated carbocycles. The van der Waals surface area contributed by atoms with Gasteiger partial charge in [0, 0.05) is 12.6 Å². The molecule has 1 rings (SSSR count). The molecular weight excluding hydrogens is 184 g/mol. The number of piperidine rings is 1. The molecule has 14 heavy (non-hydrogen) atoms. The van der Waals surface area contributed by atoms with Crippen molar-refractivity contribution in [2.45, 2.75) is 18.6 Å². The first-order valence-electron chi connectivity index (χ1n) is 4.43. The number of terminal acetylenes is 1. The van der Waals surface area contributed by atoms with E-state index in [9.17, 15) is 4.79 Å². The van der Waals surface area contributed by atoms with E-state index in [0.717, 1.165) is 0 Å². The molecule has 1 aliphatic rings. The molecule has 1 aliphatic heterocycles. The molecule has 0 aromatic heterocycles. The largest absolute Gasteiger partial charge is 0.465 e.